The van der Waals surface area contributed by atoms with Crippen molar-refractivity contribution in [2.45, 2.75) is 49.3 Å². The van der Waals surface area contributed by atoms with Crippen LogP contribution in [0.5, 0.6) is 0 Å². The molecule has 13 heteroatoms. The van der Waals surface area contributed by atoms with E-state index >= 15 is 0 Å². The summed E-state index contributed by atoms with van der Waals surface area (Å²) in [5.74, 6) is -2.87. The smallest absolute Gasteiger partial charge is 0.475 e. The minimum absolute atomic E-state index is 0.113. The van der Waals surface area contributed by atoms with E-state index in [2.05, 4.69) is 57.1 Å². The molecule has 0 bridgehead atoms. The summed E-state index contributed by atoms with van der Waals surface area (Å²) >= 11 is 1.40. The maximum atomic E-state index is 12.7. The highest BCUT2D eigenvalue weighted by atomic mass is 32.2. The molecule has 38 heavy (non-hydrogen) atoms. The minimum Gasteiger partial charge on any atom is -0.475 e. The van der Waals surface area contributed by atoms with Crippen LogP contribution in [-0.2, 0) is 26.9 Å². The van der Waals surface area contributed by atoms with Gasteiger partial charge in [0.1, 0.15) is 0 Å². The van der Waals surface area contributed by atoms with Crippen LogP contribution in [0.4, 0.5) is 18.9 Å². The lowest BCUT2D eigenvalue weighted by atomic mass is 10.0. The minimum atomic E-state index is -5.08. The normalized spacial score (nSPS) is 15.0. The number of nitrogens with zero attached hydrogens (tertiary/aromatic N) is 4. The number of hydrogen-bond donors (Lipinski definition) is 1. The summed E-state index contributed by atoms with van der Waals surface area (Å²) in [5.41, 5.74) is 5.49. The number of benzene rings is 1. The topological polar surface area (TPSA) is 104 Å². The molecule has 4 rings (SSSR count). The fraction of sp³-hybridized carbons (Fsp3) is 0.400. The highest BCUT2D eigenvalue weighted by molar-refractivity contribution is 7.90. The van der Waals surface area contributed by atoms with Gasteiger partial charge in [-0.3, -0.25) is 4.90 Å². The summed E-state index contributed by atoms with van der Waals surface area (Å²) in [7, 11) is -1.41. The van der Waals surface area contributed by atoms with E-state index in [1.165, 1.54) is 16.9 Å². The van der Waals surface area contributed by atoms with Crippen LogP contribution in [0.3, 0.4) is 0 Å². The van der Waals surface area contributed by atoms with Crippen LogP contribution in [0.25, 0.3) is 0 Å². The number of hydrogen-bond acceptors (Lipinski definition) is 8. The first-order valence-corrected chi connectivity index (χ1v) is 14.3. The molecule has 1 aromatic carbocycles. The number of pyridine rings is 1. The Labute approximate surface area is 223 Å². The van der Waals surface area contributed by atoms with Crippen molar-refractivity contribution in [1.82, 2.24) is 14.9 Å². The number of carboxylic acids is 1. The molecule has 0 saturated carbocycles. The Balaban J connectivity index is 0.000000505. The molecule has 3 aromatic rings. The van der Waals surface area contributed by atoms with Gasteiger partial charge in [-0.1, -0.05) is 30.3 Å². The number of carboxylic acid groups (broad SMARTS) is 1. The lowest BCUT2D eigenvalue weighted by Gasteiger charge is -2.38. The molecule has 0 unspecified atom stereocenters. The number of aromatic nitrogens is 2. The van der Waals surface area contributed by atoms with Crippen molar-refractivity contribution in [3.8, 4) is 0 Å². The molecule has 2 aromatic heterocycles. The largest absolute Gasteiger partial charge is 0.490 e. The van der Waals surface area contributed by atoms with Gasteiger partial charge in [-0.15, -0.1) is 11.3 Å². The van der Waals surface area contributed by atoms with Crippen LogP contribution < -0.4 is 4.90 Å². The maximum Gasteiger partial charge on any atom is 0.490 e. The second-order valence-corrected chi connectivity index (χ2v) is 11.6. The summed E-state index contributed by atoms with van der Waals surface area (Å²) in [5, 5.41) is 9.00. The Bertz CT molecular complexity index is 1300. The van der Waals surface area contributed by atoms with Crippen molar-refractivity contribution in [1.29, 1.82) is 0 Å². The van der Waals surface area contributed by atoms with Gasteiger partial charge in [0.25, 0.3) is 0 Å². The zero-order valence-corrected chi connectivity index (χ0v) is 22.6. The van der Waals surface area contributed by atoms with Gasteiger partial charge in [0.05, 0.1) is 28.8 Å². The molecule has 8 nitrogen and oxygen atoms in total. The molecule has 0 spiro atoms. The lowest BCUT2D eigenvalue weighted by Crippen LogP contribution is -2.43. The van der Waals surface area contributed by atoms with Crippen molar-refractivity contribution in [3.63, 3.8) is 0 Å². The van der Waals surface area contributed by atoms with Gasteiger partial charge in [0, 0.05) is 38.1 Å². The Hall–Kier alpha value is -3.03. The number of sulfone groups is 1. The quantitative estimate of drug-likeness (QED) is 0.441. The fourth-order valence-electron chi connectivity index (χ4n) is 4.14. The first kappa shape index (κ1) is 29.5. The van der Waals surface area contributed by atoms with Crippen molar-refractivity contribution < 1.29 is 31.5 Å². The van der Waals surface area contributed by atoms with E-state index in [0.29, 0.717) is 11.7 Å². The van der Waals surface area contributed by atoms with E-state index in [1.807, 2.05) is 6.92 Å². The lowest BCUT2D eigenvalue weighted by molar-refractivity contribution is -0.192. The Morgan fingerprint density at radius 2 is 1.82 bits per heavy atom. The predicted molar refractivity (Wildman–Crippen MR) is 139 cm³/mol. The van der Waals surface area contributed by atoms with Crippen LogP contribution in [0.2, 0.25) is 0 Å². The van der Waals surface area contributed by atoms with Gasteiger partial charge in [0.2, 0.25) is 9.84 Å². The number of carbonyl (C=O) groups is 1. The molecule has 1 saturated heterocycles. The molecule has 3 heterocycles. The van der Waals surface area contributed by atoms with Crippen LogP contribution in [0.15, 0.2) is 58.5 Å². The van der Waals surface area contributed by atoms with E-state index in [1.54, 1.807) is 23.2 Å². The van der Waals surface area contributed by atoms with Crippen molar-refractivity contribution in [3.05, 3.63) is 70.3 Å². The van der Waals surface area contributed by atoms with Crippen LogP contribution in [0.1, 0.15) is 29.7 Å². The number of anilines is 1. The molecular weight excluding hydrogens is 541 g/mol. The molecule has 0 atom stereocenters. The van der Waals surface area contributed by atoms with E-state index in [-0.39, 0.29) is 10.8 Å². The van der Waals surface area contributed by atoms with Gasteiger partial charge in [0.15, 0.2) is 5.03 Å². The van der Waals surface area contributed by atoms with E-state index in [9.17, 15) is 21.6 Å². The summed E-state index contributed by atoms with van der Waals surface area (Å²) < 4.78 is 57.1. The third-order valence-corrected chi connectivity index (χ3v) is 8.35. The van der Waals surface area contributed by atoms with E-state index < -0.39 is 22.0 Å². The number of aryl methyl sites for hydroxylation is 1. The second kappa shape index (κ2) is 12.7. The van der Waals surface area contributed by atoms with Gasteiger partial charge in [-0.05, 0) is 37.0 Å². The van der Waals surface area contributed by atoms with Crippen molar-refractivity contribution in [2.75, 3.05) is 25.0 Å². The molecule has 1 aliphatic heterocycles. The predicted octanol–water partition coefficient (Wildman–Crippen LogP) is 4.55. The first-order valence-electron chi connectivity index (χ1n) is 11.7. The Morgan fingerprint density at radius 3 is 2.34 bits per heavy atom. The van der Waals surface area contributed by atoms with Crippen molar-refractivity contribution >= 4 is 32.8 Å². The van der Waals surface area contributed by atoms with Gasteiger partial charge in [-0.2, -0.15) is 13.2 Å². The monoisotopic (exact) mass is 570 g/mol. The molecule has 1 aliphatic rings. The number of aliphatic carboxylic acids is 1. The van der Waals surface area contributed by atoms with Gasteiger partial charge >= 0.3 is 12.1 Å². The number of alkyl halides is 3. The van der Waals surface area contributed by atoms with Crippen LogP contribution in [-0.4, -0.2) is 66.7 Å². The summed E-state index contributed by atoms with van der Waals surface area (Å²) in [6, 6.07) is 12.7. The molecule has 0 aliphatic carbocycles. The fourth-order valence-corrected chi connectivity index (χ4v) is 6.07. The van der Waals surface area contributed by atoms with E-state index in [0.717, 1.165) is 43.7 Å². The number of thiazole rings is 1. The first-order chi connectivity index (χ1) is 17.9. The zero-order chi connectivity index (χ0) is 27.9. The zero-order valence-electron chi connectivity index (χ0n) is 20.9. The van der Waals surface area contributed by atoms with Crippen LogP contribution >= 0.6 is 11.3 Å². The molecular formula is C25H29F3N4O4S2. The second-order valence-electron chi connectivity index (χ2n) is 8.95. The summed E-state index contributed by atoms with van der Waals surface area (Å²) in [4.78, 5) is 22.1. The molecule has 0 amide bonds. The van der Waals surface area contributed by atoms with Gasteiger partial charge < -0.3 is 10.0 Å². The van der Waals surface area contributed by atoms with E-state index in [4.69, 9.17) is 9.90 Å². The SMILES string of the molecule is Cc1cc(S(=O)(=O)Cc2cscn2)ncc1N(C)C1CCN(Cc2ccccc2)CC1.O=C(O)C(F)(F)F. The van der Waals surface area contributed by atoms with Gasteiger partial charge in [-0.25, -0.2) is 23.2 Å². The third-order valence-electron chi connectivity index (χ3n) is 6.17. The number of likely N-dealkylation sites (tertiary alicyclic amines) is 1. The van der Waals surface area contributed by atoms with Crippen LogP contribution in [0, 0.1) is 6.92 Å². The molecule has 206 valence electrons. The average molecular weight is 571 g/mol. The number of piperidine rings is 1. The molecule has 1 N–H and O–H groups in total. The number of halogens is 3. The highest BCUT2D eigenvalue weighted by Crippen LogP contribution is 2.27. The average Bonchev–Trinajstić information content (AvgIpc) is 3.37. The Kier molecular flexibility index (Phi) is 9.85. The highest BCUT2D eigenvalue weighted by Gasteiger charge is 2.38. The van der Waals surface area contributed by atoms with Crippen molar-refractivity contribution in [2.24, 2.45) is 0 Å². The third kappa shape index (κ3) is 8.23. The molecule has 0 radical (unpaired) electrons. The standard InChI is InChI=1S/C23H28N4O2S2.C2HF3O2/c1-18-12-23(31(28,29)16-20-15-30-17-25-20)24-13-22(18)26(2)21-8-10-27(11-9-21)14-19-6-4-3-5-7-19;3-2(4,5)1(6)7/h3-7,12-13,15,17,21H,8-11,14,16H2,1-2H3;(H,6,7). The molecule has 1 fully saturated rings. The Morgan fingerprint density at radius 1 is 1.18 bits per heavy atom. The summed E-state index contributed by atoms with van der Waals surface area (Å²) in [6.45, 7) is 5.05. The summed E-state index contributed by atoms with van der Waals surface area (Å²) in [6.07, 6.45) is -1.22. The number of rotatable bonds is 7. The maximum absolute atomic E-state index is 12.7.